The van der Waals surface area contributed by atoms with E-state index in [2.05, 4.69) is 29.4 Å². The highest BCUT2D eigenvalue weighted by Crippen LogP contribution is 2.29. The minimum Gasteiger partial charge on any atom is -0.300 e. The number of aromatic nitrogens is 2. The molecule has 1 heterocycles. The second-order valence-electron chi connectivity index (χ2n) is 4.74. The van der Waals surface area contributed by atoms with Crippen LogP contribution < -0.4 is 5.32 Å². The van der Waals surface area contributed by atoms with E-state index in [1.807, 2.05) is 30.3 Å². The van der Waals surface area contributed by atoms with Gasteiger partial charge in [-0.3, -0.25) is 4.79 Å². The molecule has 2 rings (SSSR count). The van der Waals surface area contributed by atoms with E-state index >= 15 is 0 Å². The third-order valence-electron chi connectivity index (χ3n) is 3.01. The van der Waals surface area contributed by atoms with Crippen molar-refractivity contribution in [2.45, 2.75) is 42.7 Å². The highest BCUT2D eigenvalue weighted by Gasteiger charge is 2.10. The maximum atomic E-state index is 11.9. The number of aryl methyl sites for hydroxylation is 1. The fraction of sp³-hybridized carbons (Fsp3) is 0.400. The molecule has 0 saturated carbocycles. The van der Waals surface area contributed by atoms with Gasteiger partial charge in [0.1, 0.15) is 0 Å². The lowest BCUT2D eigenvalue weighted by Crippen LogP contribution is -2.12. The molecule has 0 aliphatic rings. The van der Waals surface area contributed by atoms with Crippen LogP contribution in [0, 0.1) is 0 Å². The molecular weight excluding hydrogens is 302 g/mol. The number of carbonyl (C=O) groups excluding carboxylic acids is 1. The third kappa shape index (κ3) is 5.47. The number of hydrogen-bond acceptors (Lipinski definition) is 5. The molecule has 1 unspecified atom stereocenters. The van der Waals surface area contributed by atoms with Crippen molar-refractivity contribution >= 4 is 34.1 Å². The molecule has 6 heteroatoms. The van der Waals surface area contributed by atoms with E-state index in [0.717, 1.165) is 22.7 Å². The van der Waals surface area contributed by atoms with Crippen molar-refractivity contribution in [2.24, 2.45) is 0 Å². The first kappa shape index (κ1) is 16.0. The predicted molar refractivity (Wildman–Crippen MR) is 88.9 cm³/mol. The number of hydrogen-bond donors (Lipinski definition) is 1. The van der Waals surface area contributed by atoms with Gasteiger partial charge in [-0.15, -0.1) is 10.2 Å². The summed E-state index contributed by atoms with van der Waals surface area (Å²) in [5.41, 5.74) is 1.16. The Kier molecular flexibility index (Phi) is 6.20. The molecule has 1 amide bonds. The van der Waals surface area contributed by atoms with Crippen molar-refractivity contribution in [1.82, 2.24) is 10.2 Å². The Labute approximate surface area is 133 Å². The van der Waals surface area contributed by atoms with Crippen LogP contribution in [0.15, 0.2) is 34.7 Å². The van der Waals surface area contributed by atoms with Gasteiger partial charge < -0.3 is 5.32 Å². The summed E-state index contributed by atoms with van der Waals surface area (Å²) in [4.78, 5) is 11.9. The topological polar surface area (TPSA) is 54.9 Å². The van der Waals surface area contributed by atoms with Gasteiger partial charge >= 0.3 is 0 Å². The summed E-state index contributed by atoms with van der Waals surface area (Å²) < 4.78 is 0.905. The first-order valence-electron chi connectivity index (χ1n) is 7.01. The highest BCUT2D eigenvalue weighted by molar-refractivity contribution is 8.01. The molecule has 2 aromatic rings. The molecule has 21 heavy (non-hydrogen) atoms. The number of thioether (sulfide) groups is 1. The van der Waals surface area contributed by atoms with E-state index in [9.17, 15) is 4.79 Å². The highest BCUT2D eigenvalue weighted by atomic mass is 32.2. The Morgan fingerprint density at radius 3 is 2.81 bits per heavy atom. The molecule has 0 aliphatic heterocycles. The van der Waals surface area contributed by atoms with Crippen LogP contribution in [0.3, 0.4) is 0 Å². The summed E-state index contributed by atoms with van der Waals surface area (Å²) in [6.45, 7) is 4.30. The summed E-state index contributed by atoms with van der Waals surface area (Å²) >= 11 is 3.13. The smallest absolute Gasteiger partial charge is 0.226 e. The number of nitrogens with one attached hydrogen (secondary N) is 1. The van der Waals surface area contributed by atoms with Gasteiger partial charge in [0, 0.05) is 11.7 Å². The fourth-order valence-electron chi connectivity index (χ4n) is 1.65. The van der Waals surface area contributed by atoms with Gasteiger partial charge in [0.05, 0.1) is 0 Å². The minimum absolute atomic E-state index is 0.0184. The molecule has 0 saturated heterocycles. The number of carbonyl (C=O) groups is 1. The normalized spacial score (nSPS) is 12.1. The Bertz CT molecular complexity index is 571. The largest absolute Gasteiger partial charge is 0.300 e. The third-order valence-corrected chi connectivity index (χ3v) is 5.20. The molecule has 4 nitrogen and oxygen atoms in total. The van der Waals surface area contributed by atoms with Crippen LogP contribution in [-0.2, 0) is 11.2 Å². The molecule has 0 radical (unpaired) electrons. The minimum atomic E-state index is -0.0184. The van der Waals surface area contributed by atoms with E-state index in [4.69, 9.17) is 0 Å². The van der Waals surface area contributed by atoms with Gasteiger partial charge in [-0.1, -0.05) is 67.3 Å². The van der Waals surface area contributed by atoms with Crippen molar-refractivity contribution < 1.29 is 4.79 Å². The summed E-state index contributed by atoms with van der Waals surface area (Å²) in [7, 11) is 0. The molecule has 0 aliphatic carbocycles. The van der Waals surface area contributed by atoms with Gasteiger partial charge in [0.15, 0.2) is 4.34 Å². The van der Waals surface area contributed by atoms with Crippen molar-refractivity contribution in [1.29, 1.82) is 0 Å². The average molecular weight is 321 g/mol. The SMILES string of the molecule is CCC(C)Sc1nnc(NC(=O)CCc2ccccc2)s1. The van der Waals surface area contributed by atoms with Crippen molar-refractivity contribution in [3.8, 4) is 0 Å². The molecule has 1 atom stereocenters. The van der Waals surface area contributed by atoms with Crippen LogP contribution in [0.4, 0.5) is 5.13 Å². The van der Waals surface area contributed by atoms with Crippen LogP contribution in [0.2, 0.25) is 0 Å². The van der Waals surface area contributed by atoms with Crippen LogP contribution in [0.5, 0.6) is 0 Å². The Morgan fingerprint density at radius 1 is 1.33 bits per heavy atom. The standard InChI is InChI=1S/C15H19N3OS2/c1-3-11(2)20-15-18-17-14(21-15)16-13(19)10-9-12-7-5-4-6-8-12/h4-8,11H,3,9-10H2,1-2H3,(H,16,17,19). The van der Waals surface area contributed by atoms with Gasteiger partial charge in [-0.2, -0.15) is 0 Å². The van der Waals surface area contributed by atoms with Gasteiger partial charge in [-0.25, -0.2) is 0 Å². The number of amides is 1. The first-order chi connectivity index (χ1) is 10.2. The number of rotatable bonds is 7. The Balaban J connectivity index is 1.80. The molecular formula is C15H19N3OS2. The number of nitrogens with zero attached hydrogens (tertiary/aromatic N) is 2. The second-order valence-corrected chi connectivity index (χ2v) is 7.41. The zero-order chi connectivity index (χ0) is 15.1. The molecule has 1 aromatic heterocycles. The van der Waals surface area contributed by atoms with E-state index in [1.54, 1.807) is 11.8 Å². The van der Waals surface area contributed by atoms with Crippen LogP contribution >= 0.6 is 23.1 Å². The number of benzene rings is 1. The first-order valence-corrected chi connectivity index (χ1v) is 8.71. The quantitative estimate of drug-likeness (QED) is 0.618. The van der Waals surface area contributed by atoms with Crippen LogP contribution in [-0.4, -0.2) is 21.4 Å². The van der Waals surface area contributed by atoms with E-state index < -0.39 is 0 Å². The molecule has 0 bridgehead atoms. The van der Waals surface area contributed by atoms with Crippen LogP contribution in [0.1, 0.15) is 32.3 Å². The van der Waals surface area contributed by atoms with Gasteiger partial charge in [0.25, 0.3) is 0 Å². The van der Waals surface area contributed by atoms with E-state index in [0.29, 0.717) is 16.8 Å². The predicted octanol–water partition coefficient (Wildman–Crippen LogP) is 4.00. The Morgan fingerprint density at radius 2 is 2.10 bits per heavy atom. The molecule has 0 fully saturated rings. The van der Waals surface area contributed by atoms with E-state index in [-0.39, 0.29) is 5.91 Å². The van der Waals surface area contributed by atoms with Gasteiger partial charge in [0.2, 0.25) is 11.0 Å². The summed E-state index contributed by atoms with van der Waals surface area (Å²) in [5, 5.41) is 12.0. The summed E-state index contributed by atoms with van der Waals surface area (Å²) in [6, 6.07) is 9.99. The van der Waals surface area contributed by atoms with Crippen molar-refractivity contribution in [2.75, 3.05) is 5.32 Å². The van der Waals surface area contributed by atoms with Gasteiger partial charge in [-0.05, 0) is 18.4 Å². The molecule has 1 aromatic carbocycles. The van der Waals surface area contributed by atoms with Crippen LogP contribution in [0.25, 0.3) is 0 Å². The molecule has 0 spiro atoms. The van der Waals surface area contributed by atoms with Crippen molar-refractivity contribution in [3.63, 3.8) is 0 Å². The molecule has 112 valence electrons. The van der Waals surface area contributed by atoms with E-state index in [1.165, 1.54) is 11.3 Å². The fourth-order valence-corrected chi connectivity index (χ4v) is 3.66. The maximum Gasteiger partial charge on any atom is 0.226 e. The zero-order valence-electron chi connectivity index (χ0n) is 12.2. The number of anilines is 1. The average Bonchev–Trinajstić information content (AvgIpc) is 2.93. The Hall–Kier alpha value is -1.40. The summed E-state index contributed by atoms with van der Waals surface area (Å²) in [6.07, 6.45) is 2.28. The monoisotopic (exact) mass is 321 g/mol. The lowest BCUT2D eigenvalue weighted by atomic mass is 10.1. The lowest BCUT2D eigenvalue weighted by molar-refractivity contribution is -0.116. The lowest BCUT2D eigenvalue weighted by Gasteiger charge is -2.03. The van der Waals surface area contributed by atoms with Crippen molar-refractivity contribution in [3.05, 3.63) is 35.9 Å². The molecule has 1 N–H and O–H groups in total. The summed E-state index contributed by atoms with van der Waals surface area (Å²) in [5.74, 6) is -0.0184. The zero-order valence-corrected chi connectivity index (χ0v) is 13.8. The maximum absolute atomic E-state index is 11.9. The second kappa shape index (κ2) is 8.14.